The van der Waals surface area contributed by atoms with Crippen LogP contribution in [0.3, 0.4) is 0 Å². The summed E-state index contributed by atoms with van der Waals surface area (Å²) in [5, 5.41) is 0. The van der Waals surface area contributed by atoms with Gasteiger partial charge in [-0.25, -0.2) is 4.18 Å². The van der Waals surface area contributed by atoms with E-state index in [4.69, 9.17) is 8.92 Å². The Morgan fingerprint density at radius 1 is 0.889 bits per heavy atom. The van der Waals surface area contributed by atoms with Crippen LogP contribution in [0.2, 0.25) is 0 Å². The fourth-order valence-electron chi connectivity index (χ4n) is 1.79. The van der Waals surface area contributed by atoms with E-state index in [2.05, 4.69) is 0 Å². The summed E-state index contributed by atoms with van der Waals surface area (Å²) in [4.78, 5) is 0.0668. The lowest BCUT2D eigenvalue weighted by atomic mass is 10.2. The molecule has 0 amide bonds. The predicted molar refractivity (Wildman–Crippen MR) is 64.5 cm³/mol. The van der Waals surface area contributed by atoms with Crippen LogP contribution in [0.25, 0.3) is 0 Å². The number of rotatable bonds is 1. The average molecular weight is 262 g/mol. The van der Waals surface area contributed by atoms with Crippen molar-refractivity contribution in [3.63, 3.8) is 0 Å². The van der Waals surface area contributed by atoms with E-state index < -0.39 is 16.4 Å². The van der Waals surface area contributed by atoms with Gasteiger partial charge in [0.2, 0.25) is 6.29 Å². The minimum absolute atomic E-state index is 0.0668. The standard InChI is InChI=1S/C13H10O4S/c14-18(15)12-9-5-4-8-11(12)16-13(17-18)10-6-2-1-3-7-10/h1-9,13H. The van der Waals surface area contributed by atoms with Gasteiger partial charge in [0.1, 0.15) is 10.6 Å². The van der Waals surface area contributed by atoms with Gasteiger partial charge in [0, 0.05) is 5.56 Å². The van der Waals surface area contributed by atoms with Crippen molar-refractivity contribution >= 4 is 10.1 Å². The molecule has 92 valence electrons. The smallest absolute Gasteiger partial charge is 0.304 e. The van der Waals surface area contributed by atoms with Gasteiger partial charge in [-0.1, -0.05) is 42.5 Å². The van der Waals surface area contributed by atoms with Gasteiger partial charge in [-0.2, -0.15) is 8.42 Å². The maximum absolute atomic E-state index is 12.0. The second-order valence-electron chi connectivity index (χ2n) is 3.86. The van der Waals surface area contributed by atoms with Crippen molar-refractivity contribution in [2.75, 3.05) is 0 Å². The Bertz CT molecular complexity index is 664. The van der Waals surface area contributed by atoms with Gasteiger partial charge in [0.25, 0.3) is 0 Å². The minimum atomic E-state index is -3.76. The molecule has 0 aromatic heterocycles. The first-order chi connectivity index (χ1) is 8.67. The number of hydrogen-bond acceptors (Lipinski definition) is 4. The molecule has 1 aliphatic heterocycles. The van der Waals surface area contributed by atoms with Crippen LogP contribution in [0.4, 0.5) is 0 Å². The van der Waals surface area contributed by atoms with Crippen LogP contribution in [0.15, 0.2) is 59.5 Å². The monoisotopic (exact) mass is 262 g/mol. The molecular formula is C13H10O4S. The third-order valence-electron chi connectivity index (χ3n) is 2.64. The normalized spacial score (nSPS) is 20.8. The molecule has 0 radical (unpaired) electrons. The van der Waals surface area contributed by atoms with E-state index in [0.717, 1.165) is 0 Å². The molecule has 0 N–H and O–H groups in total. The van der Waals surface area contributed by atoms with E-state index >= 15 is 0 Å². The molecule has 0 bridgehead atoms. The van der Waals surface area contributed by atoms with Crippen LogP contribution in [-0.4, -0.2) is 8.42 Å². The highest BCUT2D eigenvalue weighted by atomic mass is 32.2. The molecule has 1 heterocycles. The zero-order valence-electron chi connectivity index (χ0n) is 9.31. The third kappa shape index (κ3) is 1.87. The van der Waals surface area contributed by atoms with Crippen molar-refractivity contribution in [1.82, 2.24) is 0 Å². The Balaban J connectivity index is 2.06. The van der Waals surface area contributed by atoms with Crippen molar-refractivity contribution in [2.45, 2.75) is 11.2 Å². The Morgan fingerprint density at radius 2 is 1.56 bits per heavy atom. The average Bonchev–Trinajstić information content (AvgIpc) is 2.39. The predicted octanol–water partition coefficient (Wildman–Crippen LogP) is 2.48. The molecule has 1 aliphatic rings. The van der Waals surface area contributed by atoms with E-state index in [9.17, 15) is 8.42 Å². The molecule has 1 unspecified atom stereocenters. The molecule has 0 aliphatic carbocycles. The largest absolute Gasteiger partial charge is 0.458 e. The molecular weight excluding hydrogens is 252 g/mol. The van der Waals surface area contributed by atoms with Crippen LogP contribution in [0.1, 0.15) is 11.9 Å². The van der Waals surface area contributed by atoms with Gasteiger partial charge in [-0.15, -0.1) is 0 Å². The van der Waals surface area contributed by atoms with Gasteiger partial charge in [-0.05, 0) is 12.1 Å². The van der Waals surface area contributed by atoms with Crippen molar-refractivity contribution in [3.8, 4) is 5.75 Å². The van der Waals surface area contributed by atoms with Gasteiger partial charge < -0.3 is 4.74 Å². The molecule has 18 heavy (non-hydrogen) atoms. The van der Waals surface area contributed by atoms with Crippen molar-refractivity contribution in [1.29, 1.82) is 0 Å². The number of hydrogen-bond donors (Lipinski definition) is 0. The number of ether oxygens (including phenoxy) is 1. The zero-order chi connectivity index (χ0) is 12.6. The van der Waals surface area contributed by atoms with Crippen LogP contribution < -0.4 is 4.74 Å². The van der Waals surface area contributed by atoms with Crippen LogP contribution in [-0.2, 0) is 14.3 Å². The lowest BCUT2D eigenvalue weighted by Gasteiger charge is -2.25. The van der Waals surface area contributed by atoms with Gasteiger partial charge in [0.05, 0.1) is 0 Å². The highest BCUT2D eigenvalue weighted by molar-refractivity contribution is 7.87. The van der Waals surface area contributed by atoms with Crippen LogP contribution in [0.5, 0.6) is 5.75 Å². The Hall–Kier alpha value is -1.85. The maximum Gasteiger partial charge on any atom is 0.304 e. The van der Waals surface area contributed by atoms with E-state index in [0.29, 0.717) is 11.3 Å². The molecule has 0 spiro atoms. The van der Waals surface area contributed by atoms with E-state index in [1.54, 1.807) is 42.5 Å². The fraction of sp³-hybridized carbons (Fsp3) is 0.0769. The molecule has 0 saturated carbocycles. The molecule has 0 saturated heterocycles. The topological polar surface area (TPSA) is 52.6 Å². The lowest BCUT2D eigenvalue weighted by Crippen LogP contribution is -2.23. The number of para-hydroxylation sites is 1. The number of fused-ring (bicyclic) bond motifs is 1. The maximum atomic E-state index is 12.0. The molecule has 1 atom stereocenters. The highest BCUT2D eigenvalue weighted by Crippen LogP contribution is 2.37. The van der Waals surface area contributed by atoms with E-state index in [-0.39, 0.29) is 4.90 Å². The summed E-state index contributed by atoms with van der Waals surface area (Å²) in [5.74, 6) is 0.317. The van der Waals surface area contributed by atoms with Gasteiger partial charge >= 0.3 is 10.1 Å². The lowest BCUT2D eigenvalue weighted by molar-refractivity contribution is -0.00387. The second kappa shape index (κ2) is 4.12. The summed E-state index contributed by atoms with van der Waals surface area (Å²) in [6.07, 6.45) is -0.925. The van der Waals surface area contributed by atoms with Crippen LogP contribution in [0, 0.1) is 0 Å². The third-order valence-corrected chi connectivity index (χ3v) is 3.94. The van der Waals surface area contributed by atoms with Crippen LogP contribution >= 0.6 is 0 Å². The summed E-state index contributed by atoms with van der Waals surface area (Å²) in [6.45, 7) is 0. The molecule has 2 aromatic rings. The first kappa shape index (κ1) is 11.3. The summed E-state index contributed by atoms with van der Waals surface area (Å²) in [6, 6.07) is 15.4. The summed E-state index contributed by atoms with van der Waals surface area (Å²) < 4.78 is 34.5. The van der Waals surface area contributed by atoms with Crippen molar-refractivity contribution < 1.29 is 17.3 Å². The summed E-state index contributed by atoms with van der Waals surface area (Å²) in [5.41, 5.74) is 0.663. The molecule has 0 fully saturated rings. The highest BCUT2D eigenvalue weighted by Gasteiger charge is 2.33. The Morgan fingerprint density at radius 3 is 2.33 bits per heavy atom. The summed E-state index contributed by atoms with van der Waals surface area (Å²) in [7, 11) is -3.76. The first-order valence-electron chi connectivity index (χ1n) is 5.41. The van der Waals surface area contributed by atoms with Gasteiger partial charge in [-0.3, -0.25) is 0 Å². The molecule has 5 heteroatoms. The molecule has 2 aromatic carbocycles. The van der Waals surface area contributed by atoms with E-state index in [1.807, 2.05) is 6.07 Å². The molecule has 3 rings (SSSR count). The Kier molecular flexibility index (Phi) is 2.57. The second-order valence-corrected chi connectivity index (χ2v) is 5.40. The SMILES string of the molecule is O=S1(=O)OC(c2ccccc2)Oc2ccccc21. The quantitative estimate of drug-likeness (QED) is 0.741. The molecule has 4 nitrogen and oxygen atoms in total. The first-order valence-corrected chi connectivity index (χ1v) is 6.81. The Labute approximate surface area is 105 Å². The zero-order valence-corrected chi connectivity index (χ0v) is 10.1. The minimum Gasteiger partial charge on any atom is -0.458 e. The van der Waals surface area contributed by atoms with Gasteiger partial charge in [0.15, 0.2) is 0 Å². The number of benzene rings is 2. The van der Waals surface area contributed by atoms with Crippen molar-refractivity contribution in [2.24, 2.45) is 0 Å². The van der Waals surface area contributed by atoms with Crippen molar-refractivity contribution in [3.05, 3.63) is 60.2 Å². The summed E-state index contributed by atoms with van der Waals surface area (Å²) >= 11 is 0. The fourth-order valence-corrected chi connectivity index (χ4v) is 2.88. The van der Waals surface area contributed by atoms with E-state index in [1.165, 1.54) is 6.07 Å².